The summed E-state index contributed by atoms with van der Waals surface area (Å²) in [4.78, 5) is 7.19. The van der Waals surface area contributed by atoms with E-state index in [0.717, 1.165) is 44.4 Å². The second-order valence-corrected chi connectivity index (χ2v) is 7.43. The van der Waals surface area contributed by atoms with Gasteiger partial charge in [0.1, 0.15) is 0 Å². The van der Waals surface area contributed by atoms with Crippen molar-refractivity contribution in [3.63, 3.8) is 0 Å². The quantitative estimate of drug-likeness (QED) is 0.819. The summed E-state index contributed by atoms with van der Waals surface area (Å²) in [5, 5.41) is 6.69. The van der Waals surface area contributed by atoms with Crippen molar-refractivity contribution in [3.8, 4) is 0 Å². The molecule has 1 atom stereocenters. The highest BCUT2D eigenvalue weighted by Crippen LogP contribution is 2.36. The Balaban J connectivity index is 1.84. The van der Waals surface area contributed by atoms with Crippen molar-refractivity contribution in [1.29, 1.82) is 0 Å². The predicted molar refractivity (Wildman–Crippen MR) is 85.5 cm³/mol. The van der Waals surface area contributed by atoms with Gasteiger partial charge in [-0.15, -0.1) is 11.3 Å². The Morgan fingerprint density at radius 3 is 2.95 bits per heavy atom. The fourth-order valence-electron chi connectivity index (χ4n) is 2.55. The zero-order chi connectivity index (χ0) is 14.6. The van der Waals surface area contributed by atoms with E-state index in [-0.39, 0.29) is 0 Å². The average Bonchev–Trinajstić information content (AvgIpc) is 3.02. The molecule has 2 rings (SSSR count). The normalized spacial score (nSPS) is 19.8. The zero-order valence-corrected chi connectivity index (χ0v) is 13.9. The third-order valence-electron chi connectivity index (χ3n) is 4.01. The first-order valence-electron chi connectivity index (χ1n) is 7.39. The third kappa shape index (κ3) is 4.17. The van der Waals surface area contributed by atoms with E-state index in [4.69, 9.17) is 9.72 Å². The highest BCUT2D eigenvalue weighted by molar-refractivity contribution is 7.13. The third-order valence-corrected chi connectivity index (χ3v) is 4.96. The summed E-state index contributed by atoms with van der Waals surface area (Å²) < 4.78 is 5.02. The van der Waals surface area contributed by atoms with Crippen LogP contribution in [0.15, 0.2) is 5.38 Å². The fraction of sp³-hybridized carbons (Fsp3) is 0.800. The van der Waals surface area contributed by atoms with Crippen molar-refractivity contribution in [2.24, 2.45) is 11.3 Å². The van der Waals surface area contributed by atoms with Crippen molar-refractivity contribution >= 4 is 16.5 Å². The van der Waals surface area contributed by atoms with E-state index in [9.17, 15) is 0 Å². The van der Waals surface area contributed by atoms with Crippen LogP contribution in [-0.2, 0) is 11.3 Å². The first-order valence-corrected chi connectivity index (χ1v) is 8.27. The largest absolute Gasteiger partial charge is 0.383 e. The van der Waals surface area contributed by atoms with Crippen molar-refractivity contribution in [1.82, 2.24) is 10.3 Å². The van der Waals surface area contributed by atoms with Gasteiger partial charge in [0.25, 0.3) is 0 Å². The summed E-state index contributed by atoms with van der Waals surface area (Å²) in [5.41, 5.74) is 1.54. The lowest BCUT2D eigenvalue weighted by Crippen LogP contribution is -2.25. The van der Waals surface area contributed by atoms with Crippen LogP contribution in [0.3, 0.4) is 0 Å². The number of hydrogen-bond donors (Lipinski definition) is 1. The molecule has 1 N–H and O–H groups in total. The lowest BCUT2D eigenvalue weighted by atomic mass is 9.80. The minimum Gasteiger partial charge on any atom is -0.383 e. The van der Waals surface area contributed by atoms with Crippen molar-refractivity contribution in [2.75, 3.05) is 38.3 Å². The number of ether oxygens (including phenoxy) is 1. The van der Waals surface area contributed by atoms with E-state index in [0.29, 0.717) is 5.41 Å². The van der Waals surface area contributed by atoms with Gasteiger partial charge in [-0.25, -0.2) is 4.98 Å². The molecule has 1 aliphatic rings. The molecule has 114 valence electrons. The first-order chi connectivity index (χ1) is 9.50. The van der Waals surface area contributed by atoms with Gasteiger partial charge in [-0.1, -0.05) is 20.8 Å². The molecule has 0 spiro atoms. The average molecular weight is 297 g/mol. The number of rotatable bonds is 6. The van der Waals surface area contributed by atoms with Gasteiger partial charge in [-0.3, -0.25) is 0 Å². The Morgan fingerprint density at radius 1 is 1.50 bits per heavy atom. The summed E-state index contributed by atoms with van der Waals surface area (Å²) in [6.45, 7) is 11.8. The molecule has 1 aromatic rings. The molecule has 0 bridgehead atoms. The van der Waals surface area contributed by atoms with Crippen LogP contribution >= 0.6 is 11.3 Å². The number of methoxy groups -OCH3 is 1. The molecule has 1 fully saturated rings. The maximum atomic E-state index is 5.02. The molecule has 0 aromatic carbocycles. The first kappa shape index (κ1) is 15.7. The highest BCUT2D eigenvalue weighted by Gasteiger charge is 2.32. The Hall–Kier alpha value is -0.650. The summed E-state index contributed by atoms with van der Waals surface area (Å²) in [7, 11) is 1.72. The minimum atomic E-state index is 0.399. The van der Waals surface area contributed by atoms with Crippen LogP contribution in [0.25, 0.3) is 0 Å². The van der Waals surface area contributed by atoms with Crippen molar-refractivity contribution in [2.45, 2.75) is 33.7 Å². The van der Waals surface area contributed by atoms with Gasteiger partial charge in [-0.2, -0.15) is 0 Å². The molecule has 1 aromatic heterocycles. The smallest absolute Gasteiger partial charge is 0.185 e. The molecular formula is C15H27N3OS. The van der Waals surface area contributed by atoms with Crippen LogP contribution < -0.4 is 10.2 Å². The van der Waals surface area contributed by atoms with Gasteiger partial charge in [0.05, 0.1) is 12.3 Å². The zero-order valence-electron chi connectivity index (χ0n) is 13.1. The summed E-state index contributed by atoms with van der Waals surface area (Å²) in [6.07, 6.45) is 1.28. The molecule has 20 heavy (non-hydrogen) atoms. The number of thiazole rings is 1. The lowest BCUT2D eigenvalue weighted by molar-refractivity contribution is 0.199. The molecule has 1 saturated heterocycles. The van der Waals surface area contributed by atoms with Gasteiger partial charge in [0.2, 0.25) is 0 Å². The van der Waals surface area contributed by atoms with Crippen molar-refractivity contribution in [3.05, 3.63) is 11.1 Å². The molecule has 5 heteroatoms. The van der Waals surface area contributed by atoms with Gasteiger partial charge in [0.15, 0.2) is 5.13 Å². The van der Waals surface area contributed by atoms with E-state index in [1.54, 1.807) is 18.4 Å². The minimum absolute atomic E-state index is 0.399. The summed E-state index contributed by atoms with van der Waals surface area (Å²) in [5.74, 6) is 0.773. The fourth-order valence-corrected chi connectivity index (χ4v) is 3.42. The lowest BCUT2D eigenvalue weighted by Gasteiger charge is -2.26. The summed E-state index contributed by atoms with van der Waals surface area (Å²) >= 11 is 1.77. The number of hydrogen-bond acceptors (Lipinski definition) is 5. The molecular weight excluding hydrogens is 270 g/mol. The monoisotopic (exact) mass is 297 g/mol. The maximum absolute atomic E-state index is 5.02. The molecule has 0 amide bonds. The van der Waals surface area contributed by atoms with E-state index >= 15 is 0 Å². The van der Waals surface area contributed by atoms with Crippen LogP contribution in [0.1, 0.15) is 32.9 Å². The maximum Gasteiger partial charge on any atom is 0.185 e. The molecule has 1 unspecified atom stereocenters. The summed E-state index contributed by atoms with van der Waals surface area (Å²) in [6, 6.07) is 0. The molecule has 0 aliphatic carbocycles. The second-order valence-electron chi connectivity index (χ2n) is 6.59. The Morgan fingerprint density at radius 2 is 2.30 bits per heavy atom. The van der Waals surface area contributed by atoms with Gasteiger partial charge < -0.3 is 15.0 Å². The number of aromatic nitrogens is 1. The van der Waals surface area contributed by atoms with Gasteiger partial charge >= 0.3 is 0 Å². The molecule has 0 saturated carbocycles. The van der Waals surface area contributed by atoms with Crippen molar-refractivity contribution < 1.29 is 4.74 Å². The molecule has 1 aliphatic heterocycles. The number of anilines is 1. The van der Waals surface area contributed by atoms with Crippen LogP contribution in [0.2, 0.25) is 0 Å². The Labute approximate surface area is 126 Å². The topological polar surface area (TPSA) is 37.4 Å². The van der Waals surface area contributed by atoms with Gasteiger partial charge in [0, 0.05) is 38.7 Å². The van der Waals surface area contributed by atoms with Crippen LogP contribution in [-0.4, -0.2) is 38.3 Å². The van der Waals surface area contributed by atoms with E-state index in [1.807, 2.05) is 0 Å². The Bertz CT molecular complexity index is 413. The van der Waals surface area contributed by atoms with Gasteiger partial charge in [-0.05, 0) is 17.8 Å². The number of nitrogens with one attached hydrogen (secondary N) is 1. The molecule has 0 radical (unpaired) electrons. The van der Waals surface area contributed by atoms with E-state index in [1.165, 1.54) is 11.6 Å². The Kier molecular flexibility index (Phi) is 5.41. The standard InChI is InChI=1S/C15H27N3OS/c1-15(2,3)12-5-7-18(10-12)14-17-13(11-20-14)9-16-6-8-19-4/h11-12,16H,5-10H2,1-4H3. The number of nitrogens with zero attached hydrogens (tertiary/aromatic N) is 2. The van der Waals surface area contributed by atoms with E-state index < -0.39 is 0 Å². The molecule has 2 heterocycles. The predicted octanol–water partition coefficient (Wildman–Crippen LogP) is 2.75. The molecule has 4 nitrogen and oxygen atoms in total. The highest BCUT2D eigenvalue weighted by atomic mass is 32.1. The SMILES string of the molecule is COCCNCc1csc(N2CCC(C(C)(C)C)C2)n1. The van der Waals surface area contributed by atoms with E-state index in [2.05, 4.69) is 36.4 Å². The van der Waals surface area contributed by atoms with Crippen LogP contribution in [0, 0.1) is 11.3 Å². The second kappa shape index (κ2) is 6.87. The van der Waals surface area contributed by atoms with Crippen LogP contribution in [0.5, 0.6) is 0 Å². The van der Waals surface area contributed by atoms with Crippen LogP contribution in [0.4, 0.5) is 5.13 Å².